The lowest BCUT2D eigenvalue weighted by Gasteiger charge is -2.49. The SMILES string of the molecule is CN1C(=O)N(C)[C@@]2(c3ccccc3)Nn3c(s/c(=C\c4ccccc4F)c3=O)=N[C@]12c1ccccc1. The third-order valence-corrected chi connectivity index (χ3v) is 7.93. The van der Waals surface area contributed by atoms with Gasteiger partial charge in [-0.15, -0.1) is 0 Å². The zero-order valence-corrected chi connectivity index (χ0v) is 20.4. The Hall–Kier alpha value is -4.24. The molecule has 7 nitrogen and oxygen atoms in total. The molecular weight excluding hydrogens is 477 g/mol. The largest absolute Gasteiger partial charge is 0.324 e. The molecule has 36 heavy (non-hydrogen) atoms. The van der Waals surface area contributed by atoms with E-state index in [9.17, 15) is 14.0 Å². The highest BCUT2D eigenvalue weighted by Crippen LogP contribution is 2.53. The molecule has 0 spiro atoms. The molecular formula is C27H22FN5O2S. The summed E-state index contributed by atoms with van der Waals surface area (Å²) in [6.07, 6.45) is 1.53. The molecule has 3 heterocycles. The molecule has 1 aromatic heterocycles. The van der Waals surface area contributed by atoms with Gasteiger partial charge in [-0.3, -0.25) is 20.0 Å². The molecule has 0 bridgehead atoms. The number of hydrogen-bond donors (Lipinski definition) is 1. The Bertz CT molecular complexity index is 1670. The summed E-state index contributed by atoms with van der Waals surface area (Å²) in [5.74, 6) is -0.415. The van der Waals surface area contributed by atoms with E-state index in [1.165, 1.54) is 16.8 Å². The maximum Gasteiger partial charge on any atom is 0.324 e. The van der Waals surface area contributed by atoms with E-state index in [-0.39, 0.29) is 11.6 Å². The van der Waals surface area contributed by atoms with Gasteiger partial charge in [0.2, 0.25) is 16.1 Å². The van der Waals surface area contributed by atoms with Gasteiger partial charge < -0.3 is 0 Å². The van der Waals surface area contributed by atoms with Crippen molar-refractivity contribution in [1.82, 2.24) is 14.5 Å². The van der Waals surface area contributed by atoms with Crippen LogP contribution in [0.1, 0.15) is 16.7 Å². The summed E-state index contributed by atoms with van der Waals surface area (Å²) in [4.78, 5) is 35.9. The number of rotatable bonds is 3. The summed E-state index contributed by atoms with van der Waals surface area (Å²) in [7, 11) is 3.42. The quantitative estimate of drug-likeness (QED) is 0.471. The van der Waals surface area contributed by atoms with Crippen molar-refractivity contribution in [1.29, 1.82) is 0 Å². The molecule has 3 aromatic carbocycles. The maximum atomic E-state index is 14.4. The van der Waals surface area contributed by atoms with Crippen LogP contribution in [-0.2, 0) is 11.3 Å². The molecule has 2 aliphatic heterocycles. The molecule has 2 atom stereocenters. The number of nitrogens with zero attached hydrogens (tertiary/aromatic N) is 4. The molecule has 2 aliphatic rings. The van der Waals surface area contributed by atoms with E-state index in [2.05, 4.69) is 5.43 Å². The van der Waals surface area contributed by atoms with E-state index in [1.807, 2.05) is 60.7 Å². The zero-order chi connectivity index (χ0) is 25.1. The van der Waals surface area contributed by atoms with Crippen LogP contribution in [0.4, 0.5) is 9.18 Å². The van der Waals surface area contributed by atoms with E-state index in [0.29, 0.717) is 14.9 Å². The van der Waals surface area contributed by atoms with Crippen LogP contribution in [-0.4, -0.2) is 34.6 Å². The number of carbonyl (C=O) groups is 1. The predicted octanol–water partition coefficient (Wildman–Crippen LogP) is 2.76. The van der Waals surface area contributed by atoms with Gasteiger partial charge in [0.25, 0.3) is 5.56 Å². The average molecular weight is 500 g/mol. The number of likely N-dealkylation sites (N-methyl/N-ethyl adjacent to an activating group) is 2. The molecule has 1 N–H and O–H groups in total. The van der Waals surface area contributed by atoms with Crippen LogP contribution in [0.3, 0.4) is 0 Å². The third-order valence-electron chi connectivity index (χ3n) is 6.96. The molecule has 0 saturated carbocycles. The highest BCUT2D eigenvalue weighted by atomic mass is 32.1. The van der Waals surface area contributed by atoms with Crippen LogP contribution in [0.15, 0.2) is 94.7 Å². The molecule has 6 rings (SSSR count). The second kappa shape index (κ2) is 7.89. The fraction of sp³-hybridized carbons (Fsp3) is 0.148. The predicted molar refractivity (Wildman–Crippen MR) is 136 cm³/mol. The number of hydrogen-bond acceptors (Lipinski definition) is 5. The number of carbonyl (C=O) groups excluding carboxylic acids is 1. The molecule has 0 aliphatic carbocycles. The number of nitrogens with one attached hydrogen (secondary N) is 1. The van der Waals surface area contributed by atoms with Crippen LogP contribution in [0.2, 0.25) is 0 Å². The number of halogens is 1. The number of fused-ring (bicyclic) bond motifs is 2. The van der Waals surface area contributed by atoms with Crippen molar-refractivity contribution in [2.75, 3.05) is 19.5 Å². The van der Waals surface area contributed by atoms with Crippen molar-refractivity contribution in [2.45, 2.75) is 11.3 Å². The number of amides is 2. The number of thiazole rings is 1. The molecule has 1 saturated heterocycles. The molecule has 1 fully saturated rings. The highest BCUT2D eigenvalue weighted by Gasteiger charge is 2.69. The van der Waals surface area contributed by atoms with Crippen LogP contribution in [0.25, 0.3) is 6.08 Å². The fourth-order valence-electron chi connectivity index (χ4n) is 5.25. The summed E-state index contributed by atoms with van der Waals surface area (Å²) in [6.45, 7) is 0. The molecule has 2 amide bonds. The van der Waals surface area contributed by atoms with Gasteiger partial charge in [0.05, 0.1) is 4.53 Å². The summed E-state index contributed by atoms with van der Waals surface area (Å²) < 4.78 is 16.1. The molecule has 0 unspecified atom stereocenters. The van der Waals surface area contributed by atoms with Crippen LogP contribution in [0.5, 0.6) is 0 Å². The number of urea groups is 1. The zero-order valence-electron chi connectivity index (χ0n) is 19.6. The van der Waals surface area contributed by atoms with Gasteiger partial charge in [-0.05, 0) is 12.1 Å². The second-order valence-corrected chi connectivity index (χ2v) is 9.80. The first-order chi connectivity index (χ1) is 17.4. The van der Waals surface area contributed by atoms with Crippen molar-refractivity contribution in [3.8, 4) is 0 Å². The van der Waals surface area contributed by atoms with Gasteiger partial charge >= 0.3 is 6.03 Å². The van der Waals surface area contributed by atoms with Gasteiger partial charge in [-0.2, -0.15) is 4.68 Å². The van der Waals surface area contributed by atoms with Gasteiger partial charge in [0.1, 0.15) is 5.82 Å². The first-order valence-corrected chi connectivity index (χ1v) is 12.2. The first-order valence-electron chi connectivity index (χ1n) is 11.4. The monoisotopic (exact) mass is 499 g/mol. The maximum absolute atomic E-state index is 14.4. The summed E-state index contributed by atoms with van der Waals surface area (Å²) in [6, 6.07) is 25.1. The van der Waals surface area contributed by atoms with Crippen molar-refractivity contribution in [3.63, 3.8) is 0 Å². The standard InChI is InChI=1S/C27H22FN5O2S/c1-31-25(35)32(2)27(20-14-7-4-8-15-20)26(31,19-12-5-3-6-13-19)29-24-33(30-27)23(34)22(36-24)17-18-11-9-10-16-21(18)28/h3-17,30H,1-2H3/b22-17-/t26-,27-/m1/s1. The Morgan fingerprint density at radius 1 is 0.861 bits per heavy atom. The number of aromatic nitrogens is 1. The van der Waals surface area contributed by atoms with Crippen LogP contribution < -0.4 is 20.3 Å². The van der Waals surface area contributed by atoms with E-state index < -0.39 is 17.1 Å². The third kappa shape index (κ3) is 2.80. The average Bonchev–Trinajstić information content (AvgIpc) is 3.30. The molecule has 9 heteroatoms. The Morgan fingerprint density at radius 3 is 2.14 bits per heavy atom. The lowest BCUT2D eigenvalue weighted by Crippen LogP contribution is -2.67. The van der Waals surface area contributed by atoms with E-state index in [4.69, 9.17) is 4.99 Å². The van der Waals surface area contributed by atoms with Crippen molar-refractivity contribution in [2.24, 2.45) is 4.99 Å². The first kappa shape index (κ1) is 22.2. The topological polar surface area (TPSA) is 69.9 Å². The minimum Gasteiger partial charge on any atom is -0.295 e. The Kier molecular flexibility index (Phi) is 4.87. The summed E-state index contributed by atoms with van der Waals surface area (Å²) >= 11 is 1.15. The summed E-state index contributed by atoms with van der Waals surface area (Å²) in [5, 5.41) is 0. The van der Waals surface area contributed by atoms with E-state index in [0.717, 1.165) is 22.5 Å². The Morgan fingerprint density at radius 2 is 1.47 bits per heavy atom. The lowest BCUT2D eigenvalue weighted by molar-refractivity contribution is 0.0648. The van der Waals surface area contributed by atoms with E-state index in [1.54, 1.807) is 42.1 Å². The lowest BCUT2D eigenvalue weighted by atomic mass is 9.80. The van der Waals surface area contributed by atoms with Gasteiger partial charge in [0.15, 0.2) is 0 Å². The highest BCUT2D eigenvalue weighted by molar-refractivity contribution is 7.07. The minimum atomic E-state index is -1.24. The smallest absolute Gasteiger partial charge is 0.295 e. The Labute approximate surface area is 210 Å². The van der Waals surface area contributed by atoms with Gasteiger partial charge in [0, 0.05) is 30.8 Å². The van der Waals surface area contributed by atoms with Crippen LogP contribution in [0, 0.1) is 5.82 Å². The van der Waals surface area contributed by atoms with Crippen molar-refractivity contribution < 1.29 is 9.18 Å². The second-order valence-electron chi connectivity index (χ2n) is 8.79. The normalized spacial score (nSPS) is 23.2. The van der Waals surface area contributed by atoms with Gasteiger partial charge in [-0.25, -0.2) is 14.2 Å². The van der Waals surface area contributed by atoms with Crippen molar-refractivity contribution in [3.05, 3.63) is 127 Å². The summed E-state index contributed by atoms with van der Waals surface area (Å²) in [5.41, 5.74) is 2.43. The Balaban J connectivity index is 1.72. The number of benzene rings is 3. The van der Waals surface area contributed by atoms with Crippen LogP contribution >= 0.6 is 11.3 Å². The van der Waals surface area contributed by atoms with Gasteiger partial charge in [-0.1, -0.05) is 90.2 Å². The molecule has 180 valence electrons. The minimum absolute atomic E-state index is 0.250. The molecule has 4 aromatic rings. The van der Waals surface area contributed by atoms with E-state index >= 15 is 0 Å². The fourth-order valence-corrected chi connectivity index (χ4v) is 6.21. The van der Waals surface area contributed by atoms with Crippen molar-refractivity contribution >= 4 is 23.4 Å². The molecule has 0 radical (unpaired) electrons.